The highest BCUT2D eigenvalue weighted by Gasteiger charge is 2.18. The maximum Gasteiger partial charge on any atom is 0.347 e. The van der Waals surface area contributed by atoms with Gasteiger partial charge in [0.25, 0.3) is 0 Å². The fourth-order valence-corrected chi connectivity index (χ4v) is 2.34. The molecule has 0 amide bonds. The summed E-state index contributed by atoms with van der Waals surface area (Å²) in [5.74, 6) is 0.814. The van der Waals surface area contributed by atoms with Crippen LogP contribution in [-0.4, -0.2) is 67.9 Å². The minimum absolute atomic E-state index is 0.368. The SMILES string of the molecule is CC(Oc1ccc(N(C)c2ncc(Br)cn2)cc1)C(=O)OCC[N+](C)(C)C. The number of rotatable bonds is 8. The first-order valence-electron chi connectivity index (χ1n) is 8.61. The van der Waals surface area contributed by atoms with E-state index in [9.17, 15) is 4.79 Å². The Morgan fingerprint density at radius 3 is 2.33 bits per heavy atom. The number of nitrogens with zero attached hydrogens (tertiary/aromatic N) is 4. The Kier molecular flexibility index (Phi) is 7.15. The van der Waals surface area contributed by atoms with Gasteiger partial charge in [-0.2, -0.15) is 0 Å². The third kappa shape index (κ3) is 6.80. The lowest BCUT2D eigenvalue weighted by Gasteiger charge is -2.23. The first kappa shape index (κ1) is 21.1. The van der Waals surface area contributed by atoms with Crippen LogP contribution in [0.5, 0.6) is 5.75 Å². The monoisotopic (exact) mass is 437 g/mol. The van der Waals surface area contributed by atoms with E-state index in [1.165, 1.54) is 0 Å². The number of aromatic nitrogens is 2. The number of halogens is 1. The summed E-state index contributed by atoms with van der Waals surface area (Å²) >= 11 is 3.32. The molecule has 0 aliphatic carbocycles. The van der Waals surface area contributed by atoms with Crippen LogP contribution in [0.3, 0.4) is 0 Å². The quantitative estimate of drug-likeness (QED) is 0.467. The standard InChI is InChI=1S/C19H26BrN4O3/c1-14(18(25)26-11-10-24(3,4)5)27-17-8-6-16(7-9-17)23(2)19-21-12-15(20)13-22-19/h6-9,12-14H,10-11H2,1-5H3/q+1. The Morgan fingerprint density at radius 2 is 1.78 bits per heavy atom. The lowest BCUT2D eigenvalue weighted by atomic mass is 10.3. The van der Waals surface area contributed by atoms with E-state index in [-0.39, 0.29) is 5.97 Å². The highest BCUT2D eigenvalue weighted by atomic mass is 79.9. The summed E-state index contributed by atoms with van der Waals surface area (Å²) in [7, 11) is 8.02. The average molecular weight is 438 g/mol. The van der Waals surface area contributed by atoms with Crippen molar-refractivity contribution in [3.63, 3.8) is 0 Å². The zero-order chi connectivity index (χ0) is 20.0. The number of carbonyl (C=O) groups is 1. The molecule has 0 spiro atoms. The predicted molar refractivity (Wildman–Crippen MR) is 108 cm³/mol. The number of quaternary nitrogens is 1. The maximum absolute atomic E-state index is 12.0. The van der Waals surface area contributed by atoms with Gasteiger partial charge >= 0.3 is 5.97 Å². The van der Waals surface area contributed by atoms with Gasteiger partial charge in [-0.1, -0.05) is 0 Å². The highest BCUT2D eigenvalue weighted by Crippen LogP contribution is 2.24. The second-order valence-electron chi connectivity index (χ2n) is 7.20. The molecule has 1 heterocycles. The van der Waals surface area contributed by atoms with Crippen LogP contribution in [0.1, 0.15) is 6.92 Å². The van der Waals surface area contributed by atoms with Crippen molar-refractivity contribution >= 4 is 33.5 Å². The van der Waals surface area contributed by atoms with Gasteiger partial charge < -0.3 is 18.9 Å². The molecule has 8 heteroatoms. The smallest absolute Gasteiger partial charge is 0.347 e. The molecule has 27 heavy (non-hydrogen) atoms. The van der Waals surface area contributed by atoms with Crippen molar-refractivity contribution in [2.24, 2.45) is 0 Å². The van der Waals surface area contributed by atoms with Gasteiger partial charge in [0.2, 0.25) is 5.95 Å². The van der Waals surface area contributed by atoms with E-state index in [0.29, 0.717) is 18.3 Å². The lowest BCUT2D eigenvalue weighted by Crippen LogP contribution is -2.39. The Hall–Kier alpha value is -2.19. The fourth-order valence-electron chi connectivity index (χ4n) is 2.13. The largest absolute Gasteiger partial charge is 0.479 e. The molecule has 0 saturated heterocycles. The second-order valence-corrected chi connectivity index (χ2v) is 8.11. The molecule has 1 aromatic carbocycles. The van der Waals surface area contributed by atoms with Crippen LogP contribution < -0.4 is 9.64 Å². The van der Waals surface area contributed by atoms with Crippen LogP contribution in [0.25, 0.3) is 0 Å². The summed E-state index contributed by atoms with van der Waals surface area (Å²) in [6, 6.07) is 7.38. The van der Waals surface area contributed by atoms with E-state index < -0.39 is 6.10 Å². The molecular formula is C19H26BrN4O3+. The molecule has 0 radical (unpaired) electrons. The van der Waals surface area contributed by atoms with Crippen molar-refractivity contribution in [1.82, 2.24) is 9.97 Å². The first-order valence-corrected chi connectivity index (χ1v) is 9.40. The van der Waals surface area contributed by atoms with E-state index in [1.807, 2.05) is 45.2 Å². The molecule has 2 rings (SSSR count). The number of benzene rings is 1. The van der Waals surface area contributed by atoms with Gasteiger partial charge in [-0.3, -0.25) is 0 Å². The third-order valence-corrected chi connectivity index (χ3v) is 4.19. The second kappa shape index (κ2) is 9.14. The molecule has 0 bridgehead atoms. The van der Waals surface area contributed by atoms with E-state index in [0.717, 1.165) is 21.2 Å². The molecule has 1 aromatic heterocycles. The molecule has 0 fully saturated rings. The number of anilines is 2. The van der Waals surface area contributed by atoms with E-state index in [1.54, 1.807) is 31.5 Å². The third-order valence-electron chi connectivity index (χ3n) is 3.78. The molecule has 0 aliphatic rings. The number of hydrogen-bond acceptors (Lipinski definition) is 6. The number of ether oxygens (including phenoxy) is 2. The summed E-state index contributed by atoms with van der Waals surface area (Å²) in [6.45, 7) is 2.80. The highest BCUT2D eigenvalue weighted by molar-refractivity contribution is 9.10. The van der Waals surface area contributed by atoms with Crippen molar-refractivity contribution in [2.45, 2.75) is 13.0 Å². The summed E-state index contributed by atoms with van der Waals surface area (Å²) in [4.78, 5) is 22.4. The molecule has 146 valence electrons. The minimum Gasteiger partial charge on any atom is -0.479 e. The zero-order valence-electron chi connectivity index (χ0n) is 16.3. The normalized spacial score (nSPS) is 12.4. The van der Waals surface area contributed by atoms with Crippen LogP contribution in [0.15, 0.2) is 41.1 Å². The van der Waals surface area contributed by atoms with Crippen molar-refractivity contribution < 1.29 is 18.8 Å². The predicted octanol–water partition coefficient (Wildman–Crippen LogP) is 3.02. The molecular weight excluding hydrogens is 412 g/mol. The molecule has 0 saturated carbocycles. The van der Waals surface area contributed by atoms with Crippen molar-refractivity contribution in [3.8, 4) is 5.75 Å². The van der Waals surface area contributed by atoms with Crippen molar-refractivity contribution in [3.05, 3.63) is 41.1 Å². The Morgan fingerprint density at radius 1 is 1.19 bits per heavy atom. The van der Waals surface area contributed by atoms with Crippen LogP contribution in [0, 0.1) is 0 Å². The summed E-state index contributed by atoms with van der Waals surface area (Å²) in [5, 5.41) is 0. The van der Waals surface area contributed by atoms with Gasteiger partial charge in [0, 0.05) is 25.1 Å². The summed E-state index contributed by atoms with van der Waals surface area (Å²) < 4.78 is 12.5. The zero-order valence-corrected chi connectivity index (χ0v) is 17.9. The van der Waals surface area contributed by atoms with Gasteiger partial charge in [-0.05, 0) is 47.1 Å². The van der Waals surface area contributed by atoms with Gasteiger partial charge in [0.05, 0.1) is 25.6 Å². The van der Waals surface area contributed by atoms with Crippen molar-refractivity contribution in [1.29, 1.82) is 0 Å². The van der Waals surface area contributed by atoms with Gasteiger partial charge in [0.1, 0.15) is 18.9 Å². The molecule has 0 aliphatic heterocycles. The Bertz CT molecular complexity index is 745. The van der Waals surface area contributed by atoms with Gasteiger partial charge in [0.15, 0.2) is 6.10 Å². The lowest BCUT2D eigenvalue weighted by molar-refractivity contribution is -0.870. The van der Waals surface area contributed by atoms with E-state index in [4.69, 9.17) is 9.47 Å². The minimum atomic E-state index is -0.671. The van der Waals surface area contributed by atoms with Gasteiger partial charge in [-0.15, -0.1) is 0 Å². The Labute approximate surface area is 168 Å². The van der Waals surface area contributed by atoms with E-state index >= 15 is 0 Å². The topological polar surface area (TPSA) is 64.5 Å². The molecule has 7 nitrogen and oxygen atoms in total. The number of hydrogen-bond donors (Lipinski definition) is 0. The molecule has 2 aromatic rings. The number of carbonyl (C=O) groups excluding carboxylic acids is 1. The first-order chi connectivity index (χ1) is 12.7. The maximum atomic E-state index is 12.0. The molecule has 1 unspecified atom stereocenters. The molecule has 0 N–H and O–H groups in total. The van der Waals surface area contributed by atoms with E-state index in [2.05, 4.69) is 25.9 Å². The molecule has 1 atom stereocenters. The van der Waals surface area contributed by atoms with Gasteiger partial charge in [-0.25, -0.2) is 14.8 Å². The van der Waals surface area contributed by atoms with Crippen LogP contribution in [0.2, 0.25) is 0 Å². The Balaban J connectivity index is 1.90. The number of esters is 1. The fraction of sp³-hybridized carbons (Fsp3) is 0.421. The van der Waals surface area contributed by atoms with Crippen LogP contribution in [0.4, 0.5) is 11.6 Å². The van der Waals surface area contributed by atoms with Crippen LogP contribution >= 0.6 is 15.9 Å². The van der Waals surface area contributed by atoms with Crippen LogP contribution in [-0.2, 0) is 9.53 Å². The number of likely N-dealkylation sites (N-methyl/N-ethyl adjacent to an activating group) is 1. The average Bonchev–Trinajstić information content (AvgIpc) is 2.61. The summed E-state index contributed by atoms with van der Waals surface area (Å²) in [5.41, 5.74) is 0.905. The van der Waals surface area contributed by atoms with Crippen molar-refractivity contribution in [2.75, 3.05) is 46.2 Å². The summed E-state index contributed by atoms with van der Waals surface area (Å²) in [6.07, 6.45) is 2.72.